The first-order chi connectivity index (χ1) is 32.3. The van der Waals surface area contributed by atoms with Crippen molar-refractivity contribution in [2.75, 3.05) is 26.4 Å². The van der Waals surface area contributed by atoms with Crippen LogP contribution >= 0.6 is 7.82 Å². The van der Waals surface area contributed by atoms with Crippen molar-refractivity contribution in [1.82, 2.24) is 0 Å². The van der Waals surface area contributed by atoms with E-state index in [1.807, 2.05) is 0 Å². The van der Waals surface area contributed by atoms with Crippen LogP contribution in [0, 0.1) is 0 Å². The summed E-state index contributed by atoms with van der Waals surface area (Å²) in [7, 11) is -4.38. The van der Waals surface area contributed by atoms with E-state index in [0.717, 1.165) is 51.4 Å². The van der Waals surface area contributed by atoms with Crippen molar-refractivity contribution in [1.29, 1.82) is 0 Å². The van der Waals surface area contributed by atoms with E-state index in [0.29, 0.717) is 6.42 Å². The van der Waals surface area contributed by atoms with Crippen LogP contribution in [0.2, 0.25) is 0 Å². The van der Waals surface area contributed by atoms with E-state index in [9.17, 15) is 19.0 Å². The fraction of sp³-hybridized carbons (Fsp3) is 0.929. The van der Waals surface area contributed by atoms with Gasteiger partial charge >= 0.3 is 19.8 Å². The molecule has 0 bridgehead atoms. The third-order valence-corrected chi connectivity index (χ3v) is 13.9. The number of carbonyl (C=O) groups is 2. The van der Waals surface area contributed by atoms with Gasteiger partial charge < -0.3 is 20.1 Å². The van der Waals surface area contributed by atoms with Crippen molar-refractivity contribution in [2.45, 2.75) is 309 Å². The Kier molecular flexibility index (Phi) is 52.1. The normalized spacial score (nSPS) is 13.1. The molecule has 0 amide bonds. The molecule has 0 saturated heterocycles. The maximum Gasteiger partial charge on any atom is 0.472 e. The van der Waals surface area contributed by atoms with Crippen molar-refractivity contribution in [2.24, 2.45) is 5.73 Å². The predicted molar refractivity (Wildman–Crippen MR) is 280 cm³/mol. The van der Waals surface area contributed by atoms with Crippen molar-refractivity contribution in [3.05, 3.63) is 12.2 Å². The maximum atomic E-state index is 12.6. The third kappa shape index (κ3) is 52.1. The van der Waals surface area contributed by atoms with Gasteiger partial charge in [0.15, 0.2) is 6.10 Å². The highest BCUT2D eigenvalue weighted by atomic mass is 31.2. The molecule has 0 aromatic carbocycles. The maximum absolute atomic E-state index is 12.6. The van der Waals surface area contributed by atoms with E-state index >= 15 is 0 Å². The molecule has 0 rings (SSSR count). The number of hydrogen-bond donors (Lipinski definition) is 2. The molecule has 2 unspecified atom stereocenters. The van der Waals surface area contributed by atoms with Gasteiger partial charge in [0.2, 0.25) is 0 Å². The van der Waals surface area contributed by atoms with Crippen LogP contribution in [0.25, 0.3) is 0 Å². The number of phosphoric acid groups is 1. The monoisotopic (exact) mass is 956 g/mol. The molecule has 0 aromatic rings. The summed E-state index contributed by atoms with van der Waals surface area (Å²) < 4.78 is 33.0. The molecule has 392 valence electrons. The van der Waals surface area contributed by atoms with E-state index in [1.165, 1.54) is 218 Å². The van der Waals surface area contributed by atoms with Crippen LogP contribution in [0.15, 0.2) is 12.2 Å². The molecule has 66 heavy (non-hydrogen) atoms. The number of carbonyl (C=O) groups excluding carboxylic acids is 2. The molecular formula is C56H110NO8P. The second-order valence-electron chi connectivity index (χ2n) is 19.5. The summed E-state index contributed by atoms with van der Waals surface area (Å²) in [5.74, 6) is -0.820. The second kappa shape index (κ2) is 53.1. The van der Waals surface area contributed by atoms with Gasteiger partial charge in [-0.25, -0.2) is 4.57 Å². The lowest BCUT2D eigenvalue weighted by Gasteiger charge is -2.19. The summed E-state index contributed by atoms with van der Waals surface area (Å²) >= 11 is 0. The SMILES string of the molecule is CCCCCCCC/C=C\CCCCCCCC(=O)OC(COC(=O)CCCCCCCCCCCCCCCCCCCCCCCCCCCCCCCC)COP(=O)(O)OCCN. The van der Waals surface area contributed by atoms with E-state index < -0.39 is 26.5 Å². The topological polar surface area (TPSA) is 134 Å². The average molecular weight is 956 g/mol. The molecule has 3 N–H and O–H groups in total. The zero-order chi connectivity index (χ0) is 48.1. The second-order valence-corrected chi connectivity index (χ2v) is 21.0. The lowest BCUT2D eigenvalue weighted by Crippen LogP contribution is -2.29. The largest absolute Gasteiger partial charge is 0.472 e. The molecule has 0 heterocycles. The van der Waals surface area contributed by atoms with E-state index in [2.05, 4.69) is 26.0 Å². The molecule has 0 aromatic heterocycles. The number of hydrogen-bond acceptors (Lipinski definition) is 8. The molecule has 2 atom stereocenters. The first-order valence-electron chi connectivity index (χ1n) is 28.7. The molecule has 0 saturated carbocycles. The first-order valence-corrected chi connectivity index (χ1v) is 30.2. The smallest absolute Gasteiger partial charge is 0.462 e. The van der Waals surface area contributed by atoms with Crippen LogP contribution in [0.1, 0.15) is 303 Å². The Morgan fingerprint density at radius 3 is 1.08 bits per heavy atom. The van der Waals surface area contributed by atoms with E-state index in [-0.39, 0.29) is 38.6 Å². The Labute approximate surface area is 409 Å². The summed E-state index contributed by atoms with van der Waals surface area (Å²) in [6, 6.07) is 0. The molecule has 0 aliphatic rings. The number of esters is 2. The van der Waals surface area contributed by atoms with Gasteiger partial charge in [-0.3, -0.25) is 18.6 Å². The summed E-state index contributed by atoms with van der Waals surface area (Å²) in [5, 5.41) is 0. The third-order valence-electron chi connectivity index (χ3n) is 12.9. The van der Waals surface area contributed by atoms with Crippen LogP contribution in [0.4, 0.5) is 0 Å². The van der Waals surface area contributed by atoms with Gasteiger partial charge in [-0.2, -0.15) is 0 Å². The molecule has 0 aliphatic carbocycles. The number of allylic oxidation sites excluding steroid dienone is 2. The quantitative estimate of drug-likeness (QED) is 0.0264. The standard InChI is InChI=1S/C56H110NO8P/c1-3-5-7-9-11-13-15-17-19-20-21-22-23-24-25-26-27-28-29-30-31-32-33-35-36-38-40-42-44-46-48-55(58)62-52-54(53-64-66(60,61)63-51-50-57)65-56(59)49-47-45-43-41-39-37-34-18-16-14-12-10-8-6-4-2/h18,34,54H,3-17,19-33,35-53,57H2,1-2H3,(H,60,61)/b34-18-. The summed E-state index contributed by atoms with van der Waals surface area (Å²) in [6.07, 6.45) is 60.0. The van der Waals surface area contributed by atoms with Gasteiger partial charge in [0, 0.05) is 19.4 Å². The lowest BCUT2D eigenvalue weighted by molar-refractivity contribution is -0.161. The predicted octanol–water partition coefficient (Wildman–Crippen LogP) is 17.7. The van der Waals surface area contributed by atoms with Gasteiger partial charge in [0.05, 0.1) is 13.2 Å². The Bertz CT molecular complexity index is 1090. The minimum absolute atomic E-state index is 0.0552. The van der Waals surface area contributed by atoms with E-state index in [4.69, 9.17) is 24.3 Å². The molecule has 10 heteroatoms. The van der Waals surface area contributed by atoms with Crippen LogP contribution in [0.3, 0.4) is 0 Å². The van der Waals surface area contributed by atoms with Crippen molar-refractivity contribution < 1.29 is 37.6 Å². The van der Waals surface area contributed by atoms with Gasteiger partial charge in [0.1, 0.15) is 6.61 Å². The number of ether oxygens (including phenoxy) is 2. The molecule has 0 fully saturated rings. The van der Waals surface area contributed by atoms with Crippen LogP contribution < -0.4 is 5.73 Å². The lowest BCUT2D eigenvalue weighted by atomic mass is 10.0. The van der Waals surface area contributed by atoms with Crippen molar-refractivity contribution in [3.8, 4) is 0 Å². The fourth-order valence-electron chi connectivity index (χ4n) is 8.63. The van der Waals surface area contributed by atoms with Gasteiger partial charge in [-0.05, 0) is 38.5 Å². The molecule has 0 aliphatic heterocycles. The van der Waals surface area contributed by atoms with Crippen LogP contribution in [0.5, 0.6) is 0 Å². The Morgan fingerprint density at radius 2 is 0.742 bits per heavy atom. The minimum Gasteiger partial charge on any atom is -0.462 e. The van der Waals surface area contributed by atoms with Gasteiger partial charge in [0.25, 0.3) is 0 Å². The summed E-state index contributed by atoms with van der Waals surface area (Å²) in [5.41, 5.74) is 5.37. The Morgan fingerprint density at radius 1 is 0.439 bits per heavy atom. The zero-order valence-electron chi connectivity index (χ0n) is 43.7. The highest BCUT2D eigenvalue weighted by molar-refractivity contribution is 7.47. The Hall–Kier alpha value is -1.25. The van der Waals surface area contributed by atoms with Gasteiger partial charge in [-0.15, -0.1) is 0 Å². The molecule has 9 nitrogen and oxygen atoms in total. The Balaban J connectivity index is 3.84. The highest BCUT2D eigenvalue weighted by Gasteiger charge is 2.26. The van der Waals surface area contributed by atoms with E-state index in [1.54, 1.807) is 0 Å². The highest BCUT2D eigenvalue weighted by Crippen LogP contribution is 2.43. The number of nitrogens with two attached hydrogens (primary N) is 1. The zero-order valence-corrected chi connectivity index (χ0v) is 44.6. The van der Waals surface area contributed by atoms with Crippen molar-refractivity contribution >= 4 is 19.8 Å². The fourth-order valence-corrected chi connectivity index (χ4v) is 9.40. The number of rotatable bonds is 55. The average Bonchev–Trinajstić information content (AvgIpc) is 3.31. The number of phosphoric ester groups is 1. The molecule has 0 spiro atoms. The number of unbranched alkanes of at least 4 members (excludes halogenated alkanes) is 40. The van der Waals surface area contributed by atoms with Gasteiger partial charge in [-0.1, -0.05) is 264 Å². The molecular weight excluding hydrogens is 846 g/mol. The summed E-state index contributed by atoms with van der Waals surface area (Å²) in [4.78, 5) is 35.1. The van der Waals surface area contributed by atoms with Crippen molar-refractivity contribution in [3.63, 3.8) is 0 Å². The van der Waals surface area contributed by atoms with Crippen LogP contribution in [-0.2, 0) is 32.7 Å². The molecule has 0 radical (unpaired) electrons. The first kappa shape index (κ1) is 64.8. The minimum atomic E-state index is -4.38. The summed E-state index contributed by atoms with van der Waals surface area (Å²) in [6.45, 7) is 3.78. The van der Waals surface area contributed by atoms with Crippen LogP contribution in [-0.4, -0.2) is 49.3 Å².